The lowest BCUT2D eigenvalue weighted by atomic mass is 10.1. The van der Waals surface area contributed by atoms with Crippen molar-refractivity contribution < 1.29 is 14.5 Å². The van der Waals surface area contributed by atoms with E-state index in [2.05, 4.69) is 0 Å². The van der Waals surface area contributed by atoms with E-state index in [-0.39, 0.29) is 17.4 Å². The Morgan fingerprint density at radius 2 is 1.68 bits per heavy atom. The zero-order valence-electron chi connectivity index (χ0n) is 16.7. The van der Waals surface area contributed by atoms with Gasteiger partial charge in [0.25, 0.3) is 11.6 Å². The maximum atomic E-state index is 13.4. The zero-order chi connectivity index (χ0) is 22.0. The molecule has 0 unspecified atom stereocenters. The Kier molecular flexibility index (Phi) is 5.28. The molecule has 0 saturated carbocycles. The number of Topliss-reactive ketones (excluding diaryl/α,β-unsaturated/α-hetero) is 1. The Morgan fingerprint density at radius 1 is 0.968 bits per heavy atom. The lowest BCUT2D eigenvalue weighted by Gasteiger charge is -2.21. The summed E-state index contributed by atoms with van der Waals surface area (Å²) in [5.41, 5.74) is 3.78. The van der Waals surface area contributed by atoms with Crippen LogP contribution in [-0.2, 0) is 4.79 Å². The maximum absolute atomic E-state index is 13.4. The molecule has 1 heterocycles. The minimum atomic E-state index is -0.463. The average Bonchev–Trinajstić information content (AvgIpc) is 3.10. The van der Waals surface area contributed by atoms with Gasteiger partial charge in [-0.3, -0.25) is 24.6 Å². The van der Waals surface area contributed by atoms with Gasteiger partial charge in [-0.25, -0.2) is 0 Å². The molecule has 0 aliphatic carbocycles. The summed E-state index contributed by atoms with van der Waals surface area (Å²) in [7, 11) is 0. The Bertz CT molecular complexity index is 1240. The molecule has 1 aliphatic rings. The number of carbonyl (C=O) groups is 2. The van der Waals surface area contributed by atoms with E-state index in [1.165, 1.54) is 19.1 Å². The normalized spacial score (nSPS) is 14.6. The number of anilines is 1. The van der Waals surface area contributed by atoms with Gasteiger partial charge >= 0.3 is 0 Å². The molecule has 0 saturated heterocycles. The van der Waals surface area contributed by atoms with Gasteiger partial charge in [-0.1, -0.05) is 42.5 Å². The SMILES string of the molecule is CC(=O)c1cccc(N2C(=O)C(=Cc3ccc([N+](=O)[O-])cc3)C=C2c2ccccc2)c1. The molecule has 0 aromatic heterocycles. The summed E-state index contributed by atoms with van der Waals surface area (Å²) in [6.07, 6.45) is 3.49. The van der Waals surface area contributed by atoms with Crippen LogP contribution >= 0.6 is 0 Å². The quantitative estimate of drug-likeness (QED) is 0.248. The molecule has 0 radical (unpaired) electrons. The van der Waals surface area contributed by atoms with Gasteiger partial charge in [0, 0.05) is 29.0 Å². The van der Waals surface area contributed by atoms with Crippen LogP contribution in [0.15, 0.2) is 90.5 Å². The van der Waals surface area contributed by atoms with Crippen LogP contribution in [-0.4, -0.2) is 16.6 Å². The highest BCUT2D eigenvalue weighted by molar-refractivity contribution is 6.23. The summed E-state index contributed by atoms with van der Waals surface area (Å²) >= 11 is 0. The van der Waals surface area contributed by atoms with Crippen molar-refractivity contribution >= 4 is 34.8 Å². The van der Waals surface area contributed by atoms with Crippen molar-refractivity contribution in [3.63, 3.8) is 0 Å². The molecule has 4 rings (SSSR count). The van der Waals surface area contributed by atoms with E-state index in [4.69, 9.17) is 0 Å². The fourth-order valence-corrected chi connectivity index (χ4v) is 3.43. The number of nitro benzene ring substituents is 1. The van der Waals surface area contributed by atoms with Crippen molar-refractivity contribution in [3.8, 4) is 0 Å². The molecule has 1 amide bonds. The van der Waals surface area contributed by atoms with Gasteiger partial charge in [0.05, 0.1) is 10.6 Å². The van der Waals surface area contributed by atoms with Gasteiger partial charge in [-0.2, -0.15) is 0 Å². The number of non-ortho nitro benzene ring substituents is 1. The summed E-state index contributed by atoms with van der Waals surface area (Å²) in [4.78, 5) is 37.2. The van der Waals surface area contributed by atoms with Crippen LogP contribution in [0.2, 0.25) is 0 Å². The molecule has 1 aliphatic heterocycles. The minimum absolute atomic E-state index is 0.0110. The van der Waals surface area contributed by atoms with Gasteiger partial charge in [0.2, 0.25) is 0 Å². The van der Waals surface area contributed by atoms with Crippen LogP contribution in [0, 0.1) is 10.1 Å². The summed E-state index contributed by atoms with van der Waals surface area (Å²) in [5.74, 6) is -0.321. The lowest BCUT2D eigenvalue weighted by molar-refractivity contribution is -0.384. The highest BCUT2D eigenvalue weighted by Crippen LogP contribution is 2.35. The van der Waals surface area contributed by atoms with E-state index in [1.807, 2.05) is 30.3 Å². The fraction of sp³-hybridized carbons (Fsp3) is 0.0400. The van der Waals surface area contributed by atoms with Crippen molar-refractivity contribution in [2.45, 2.75) is 6.92 Å². The molecule has 6 heteroatoms. The van der Waals surface area contributed by atoms with Gasteiger partial charge < -0.3 is 0 Å². The van der Waals surface area contributed by atoms with Crippen molar-refractivity contribution in [2.75, 3.05) is 4.90 Å². The van der Waals surface area contributed by atoms with Crippen LogP contribution < -0.4 is 4.90 Å². The van der Waals surface area contributed by atoms with Crippen LogP contribution in [0.5, 0.6) is 0 Å². The first-order valence-corrected chi connectivity index (χ1v) is 9.63. The number of carbonyl (C=O) groups excluding carboxylic acids is 2. The number of nitro groups is 1. The highest BCUT2D eigenvalue weighted by atomic mass is 16.6. The van der Waals surface area contributed by atoms with Crippen molar-refractivity contribution in [2.24, 2.45) is 0 Å². The average molecular weight is 410 g/mol. The standard InChI is InChI=1S/C25H18N2O4/c1-17(28)20-8-5-9-23(15-20)26-24(19-6-3-2-4-7-19)16-21(25(26)29)14-18-10-12-22(13-11-18)27(30)31/h2-16H,1H3. The third-order valence-electron chi connectivity index (χ3n) is 4.99. The molecule has 0 bridgehead atoms. The van der Waals surface area contributed by atoms with E-state index in [0.717, 1.165) is 5.56 Å². The first kappa shape index (κ1) is 20.0. The third kappa shape index (κ3) is 4.04. The molecule has 0 N–H and O–H groups in total. The number of amides is 1. The molecule has 3 aromatic carbocycles. The molecule has 0 spiro atoms. The van der Waals surface area contributed by atoms with E-state index in [1.54, 1.807) is 53.5 Å². The monoisotopic (exact) mass is 410 g/mol. The van der Waals surface area contributed by atoms with Gasteiger partial charge in [0.15, 0.2) is 5.78 Å². The van der Waals surface area contributed by atoms with Crippen molar-refractivity contribution in [3.05, 3.63) is 117 Å². The fourth-order valence-electron chi connectivity index (χ4n) is 3.43. The van der Waals surface area contributed by atoms with Crippen LogP contribution in [0.3, 0.4) is 0 Å². The van der Waals surface area contributed by atoms with E-state index < -0.39 is 4.92 Å². The van der Waals surface area contributed by atoms with Crippen LogP contribution in [0.1, 0.15) is 28.4 Å². The Labute approximate surface area is 178 Å². The third-order valence-corrected chi connectivity index (χ3v) is 4.99. The number of benzene rings is 3. The number of hydrogen-bond acceptors (Lipinski definition) is 4. The number of nitrogens with zero attached hydrogens (tertiary/aromatic N) is 2. The molecule has 152 valence electrons. The number of rotatable bonds is 5. The Balaban J connectivity index is 1.79. The first-order chi connectivity index (χ1) is 14.9. The largest absolute Gasteiger partial charge is 0.295 e. The van der Waals surface area contributed by atoms with Gasteiger partial charge in [-0.15, -0.1) is 0 Å². The molecular formula is C25H18N2O4. The predicted molar refractivity (Wildman–Crippen MR) is 119 cm³/mol. The van der Waals surface area contributed by atoms with E-state index in [9.17, 15) is 19.7 Å². The summed E-state index contributed by atoms with van der Waals surface area (Å²) in [6.45, 7) is 1.48. The maximum Gasteiger partial charge on any atom is 0.269 e. The first-order valence-electron chi connectivity index (χ1n) is 9.63. The lowest BCUT2D eigenvalue weighted by Crippen LogP contribution is -2.25. The molecule has 6 nitrogen and oxygen atoms in total. The molecule has 3 aromatic rings. The van der Waals surface area contributed by atoms with Crippen molar-refractivity contribution in [1.29, 1.82) is 0 Å². The van der Waals surface area contributed by atoms with Crippen LogP contribution in [0.4, 0.5) is 11.4 Å². The van der Waals surface area contributed by atoms with Gasteiger partial charge in [0.1, 0.15) is 0 Å². The Morgan fingerprint density at radius 3 is 2.32 bits per heavy atom. The Hall–Kier alpha value is -4.32. The minimum Gasteiger partial charge on any atom is -0.295 e. The predicted octanol–water partition coefficient (Wildman–Crippen LogP) is 5.27. The molecule has 0 fully saturated rings. The second kappa shape index (κ2) is 8.20. The van der Waals surface area contributed by atoms with E-state index in [0.29, 0.717) is 28.1 Å². The second-order valence-corrected chi connectivity index (χ2v) is 7.09. The molecule has 0 atom stereocenters. The number of hydrogen-bond donors (Lipinski definition) is 0. The topological polar surface area (TPSA) is 80.5 Å². The highest BCUT2D eigenvalue weighted by Gasteiger charge is 2.30. The van der Waals surface area contributed by atoms with Crippen LogP contribution in [0.25, 0.3) is 11.8 Å². The second-order valence-electron chi connectivity index (χ2n) is 7.09. The zero-order valence-corrected chi connectivity index (χ0v) is 16.7. The smallest absolute Gasteiger partial charge is 0.269 e. The molecular weight excluding hydrogens is 392 g/mol. The number of ketones is 1. The van der Waals surface area contributed by atoms with Gasteiger partial charge in [-0.05, 0) is 54.5 Å². The van der Waals surface area contributed by atoms with E-state index >= 15 is 0 Å². The summed E-state index contributed by atoms with van der Waals surface area (Å²) in [6, 6.07) is 22.5. The molecule has 31 heavy (non-hydrogen) atoms. The summed E-state index contributed by atoms with van der Waals surface area (Å²) in [5, 5.41) is 10.9. The summed E-state index contributed by atoms with van der Waals surface area (Å²) < 4.78 is 0. The van der Waals surface area contributed by atoms with Crippen molar-refractivity contribution in [1.82, 2.24) is 0 Å².